The molecule has 1 saturated heterocycles. The smallest absolute Gasteiger partial charge is 0.258 e. The van der Waals surface area contributed by atoms with Crippen molar-refractivity contribution in [1.29, 1.82) is 0 Å². The van der Waals surface area contributed by atoms with Crippen LogP contribution in [0.25, 0.3) is 10.8 Å². The summed E-state index contributed by atoms with van der Waals surface area (Å²) in [7, 11) is 1.63. The predicted molar refractivity (Wildman–Crippen MR) is 140 cm³/mol. The zero-order valence-corrected chi connectivity index (χ0v) is 20.7. The van der Waals surface area contributed by atoms with Crippen molar-refractivity contribution in [3.8, 4) is 5.75 Å². The van der Waals surface area contributed by atoms with Crippen LogP contribution in [-0.2, 0) is 19.5 Å². The van der Waals surface area contributed by atoms with Gasteiger partial charge in [0.25, 0.3) is 5.56 Å². The number of ether oxygens (including phenoxy) is 1. The molecule has 2 aliphatic heterocycles. The van der Waals surface area contributed by atoms with Crippen LogP contribution in [0.3, 0.4) is 0 Å². The molecule has 2 aromatic carbocycles. The van der Waals surface area contributed by atoms with Crippen molar-refractivity contribution >= 4 is 16.5 Å². The number of likely N-dealkylation sites (N-methyl/N-ethyl adjacent to an activating group) is 1. The van der Waals surface area contributed by atoms with Crippen molar-refractivity contribution in [3.05, 3.63) is 70.1 Å². The maximum Gasteiger partial charge on any atom is 0.258 e. The number of anilines is 1. The Balaban J connectivity index is 1.30. The lowest BCUT2D eigenvalue weighted by Gasteiger charge is -2.30. The number of hydrogen-bond acceptors (Lipinski definition) is 6. The van der Waals surface area contributed by atoms with Crippen LogP contribution in [-0.4, -0.2) is 71.5 Å². The molecule has 0 amide bonds. The Morgan fingerprint density at radius 1 is 1.09 bits per heavy atom. The fraction of sp³-hybridized carbons (Fsp3) is 0.464. The number of nitrogens with one attached hydrogen (secondary N) is 1. The van der Waals surface area contributed by atoms with Gasteiger partial charge in [0.2, 0.25) is 0 Å². The van der Waals surface area contributed by atoms with Crippen LogP contribution >= 0.6 is 0 Å². The number of aliphatic hydroxyl groups is 1. The number of fused-ring (bicyclic) bond motifs is 2. The third kappa shape index (κ3) is 5.22. The maximum absolute atomic E-state index is 13.3. The maximum atomic E-state index is 13.3. The third-order valence-electron chi connectivity index (χ3n) is 7.45. The average molecular weight is 477 g/mol. The second kappa shape index (κ2) is 10.4. The van der Waals surface area contributed by atoms with Gasteiger partial charge in [-0.05, 0) is 48.7 Å². The van der Waals surface area contributed by atoms with Crippen LogP contribution in [0.5, 0.6) is 5.75 Å². The molecule has 3 aromatic rings. The molecule has 35 heavy (non-hydrogen) atoms. The summed E-state index contributed by atoms with van der Waals surface area (Å²) in [6, 6.07) is 14.8. The Kier molecular flexibility index (Phi) is 7.09. The van der Waals surface area contributed by atoms with E-state index in [1.807, 2.05) is 18.2 Å². The molecule has 2 atom stereocenters. The SMILES string of the molecule is CCN1CCC(Nc2ccc3c(=O)n(C[C@H](O)CN4CCc5ccccc5C4)cc(OC)c3c2)C1. The molecule has 0 saturated carbocycles. The molecule has 1 aromatic heterocycles. The summed E-state index contributed by atoms with van der Waals surface area (Å²) in [4.78, 5) is 18.0. The molecule has 7 nitrogen and oxygen atoms in total. The molecule has 3 heterocycles. The van der Waals surface area contributed by atoms with Gasteiger partial charge in [0.15, 0.2) is 0 Å². The molecule has 0 radical (unpaired) electrons. The third-order valence-corrected chi connectivity index (χ3v) is 7.45. The molecule has 7 heteroatoms. The first-order chi connectivity index (χ1) is 17.0. The molecular weight excluding hydrogens is 440 g/mol. The number of rotatable bonds is 8. The molecule has 0 bridgehead atoms. The number of nitrogens with zero attached hydrogens (tertiary/aromatic N) is 3. The second-order valence-electron chi connectivity index (χ2n) is 9.85. The summed E-state index contributed by atoms with van der Waals surface area (Å²) in [6.45, 7) is 7.91. The molecule has 1 unspecified atom stereocenters. The van der Waals surface area contributed by atoms with Crippen molar-refractivity contribution < 1.29 is 9.84 Å². The van der Waals surface area contributed by atoms with Gasteiger partial charge in [-0.25, -0.2) is 0 Å². The molecular formula is C28H36N4O3. The molecule has 1 fully saturated rings. The number of aromatic nitrogens is 1. The molecule has 186 valence electrons. The van der Waals surface area contributed by atoms with Gasteiger partial charge in [0, 0.05) is 56.0 Å². The van der Waals surface area contributed by atoms with Gasteiger partial charge >= 0.3 is 0 Å². The van der Waals surface area contributed by atoms with E-state index < -0.39 is 6.10 Å². The van der Waals surface area contributed by atoms with Gasteiger partial charge in [-0.15, -0.1) is 0 Å². The summed E-state index contributed by atoms with van der Waals surface area (Å²) in [6.07, 6.45) is 3.19. The minimum atomic E-state index is -0.648. The van der Waals surface area contributed by atoms with E-state index in [0.29, 0.717) is 23.7 Å². The second-order valence-corrected chi connectivity index (χ2v) is 9.85. The largest absolute Gasteiger partial charge is 0.495 e. The first kappa shape index (κ1) is 23.9. The molecule has 2 N–H and O–H groups in total. The van der Waals surface area contributed by atoms with Gasteiger partial charge < -0.3 is 24.6 Å². The van der Waals surface area contributed by atoms with E-state index in [-0.39, 0.29) is 12.1 Å². The molecule has 2 aliphatic rings. The highest BCUT2D eigenvalue weighted by molar-refractivity contribution is 5.90. The highest BCUT2D eigenvalue weighted by Gasteiger charge is 2.22. The van der Waals surface area contributed by atoms with E-state index in [9.17, 15) is 9.90 Å². The van der Waals surface area contributed by atoms with Crippen LogP contribution in [0.1, 0.15) is 24.5 Å². The Morgan fingerprint density at radius 3 is 2.69 bits per heavy atom. The zero-order valence-electron chi connectivity index (χ0n) is 20.7. The van der Waals surface area contributed by atoms with Crippen molar-refractivity contribution in [2.45, 2.75) is 45.0 Å². The first-order valence-corrected chi connectivity index (χ1v) is 12.7. The quantitative estimate of drug-likeness (QED) is 0.521. The lowest BCUT2D eigenvalue weighted by Crippen LogP contribution is -2.39. The fourth-order valence-corrected chi connectivity index (χ4v) is 5.51. The number of hydrogen-bond donors (Lipinski definition) is 2. The van der Waals surface area contributed by atoms with E-state index in [4.69, 9.17) is 4.74 Å². The Hall–Kier alpha value is -2.87. The molecule has 5 rings (SSSR count). The van der Waals surface area contributed by atoms with Crippen molar-refractivity contribution in [2.75, 3.05) is 45.2 Å². The average Bonchev–Trinajstić information content (AvgIpc) is 3.33. The van der Waals surface area contributed by atoms with E-state index in [2.05, 4.69) is 46.3 Å². The van der Waals surface area contributed by atoms with Gasteiger partial charge in [0.1, 0.15) is 5.75 Å². The fourth-order valence-electron chi connectivity index (χ4n) is 5.51. The minimum Gasteiger partial charge on any atom is -0.495 e. The summed E-state index contributed by atoms with van der Waals surface area (Å²) in [5.74, 6) is 0.643. The number of benzene rings is 2. The number of methoxy groups -OCH3 is 1. The number of likely N-dealkylation sites (tertiary alicyclic amines) is 1. The van der Waals surface area contributed by atoms with E-state index >= 15 is 0 Å². The summed E-state index contributed by atoms with van der Waals surface area (Å²) < 4.78 is 7.26. The summed E-state index contributed by atoms with van der Waals surface area (Å²) in [5.41, 5.74) is 3.60. The number of aliphatic hydroxyl groups excluding tert-OH is 1. The Labute approximate surface area is 206 Å². The van der Waals surface area contributed by atoms with E-state index in [0.717, 1.165) is 56.6 Å². The van der Waals surface area contributed by atoms with Gasteiger partial charge in [-0.3, -0.25) is 9.69 Å². The predicted octanol–water partition coefficient (Wildman–Crippen LogP) is 2.94. The lowest BCUT2D eigenvalue weighted by molar-refractivity contribution is 0.0909. The summed E-state index contributed by atoms with van der Waals surface area (Å²) >= 11 is 0. The van der Waals surface area contributed by atoms with Crippen molar-refractivity contribution in [2.24, 2.45) is 0 Å². The zero-order chi connectivity index (χ0) is 24.4. The normalized spacial score (nSPS) is 19.6. The van der Waals surface area contributed by atoms with Crippen LogP contribution in [0, 0.1) is 0 Å². The van der Waals surface area contributed by atoms with Crippen molar-refractivity contribution in [1.82, 2.24) is 14.4 Å². The van der Waals surface area contributed by atoms with Crippen LogP contribution < -0.4 is 15.6 Å². The topological polar surface area (TPSA) is 70.0 Å². The van der Waals surface area contributed by atoms with Crippen LogP contribution in [0.15, 0.2) is 53.5 Å². The number of β-amino-alcohol motifs (C(OH)–C–C–N with tert-alkyl or cyclic N) is 1. The lowest BCUT2D eigenvalue weighted by atomic mass is 10.00. The van der Waals surface area contributed by atoms with Crippen LogP contribution in [0.2, 0.25) is 0 Å². The minimum absolute atomic E-state index is 0.103. The van der Waals surface area contributed by atoms with Gasteiger partial charge in [-0.2, -0.15) is 0 Å². The monoisotopic (exact) mass is 476 g/mol. The van der Waals surface area contributed by atoms with Crippen LogP contribution in [0.4, 0.5) is 5.69 Å². The van der Waals surface area contributed by atoms with E-state index in [1.165, 1.54) is 11.1 Å². The molecule has 0 aliphatic carbocycles. The summed E-state index contributed by atoms with van der Waals surface area (Å²) in [5, 5.41) is 15.9. The first-order valence-electron chi connectivity index (χ1n) is 12.7. The van der Waals surface area contributed by atoms with Gasteiger partial charge in [-0.1, -0.05) is 31.2 Å². The Morgan fingerprint density at radius 2 is 1.91 bits per heavy atom. The van der Waals surface area contributed by atoms with Gasteiger partial charge in [0.05, 0.1) is 25.1 Å². The molecule has 0 spiro atoms. The standard InChI is InChI=1S/C28H36N4O3/c1-3-30-13-11-23(16-30)29-22-8-9-25-26(14-22)27(35-2)19-32(28(25)34)18-24(33)17-31-12-10-20-6-4-5-7-21(20)15-31/h4-9,14,19,23-24,29,33H,3,10-13,15-18H2,1-2H3/t23?,24-/m1/s1. The van der Waals surface area contributed by atoms with E-state index in [1.54, 1.807) is 17.9 Å². The number of pyridine rings is 1. The van der Waals surface area contributed by atoms with Crippen molar-refractivity contribution in [3.63, 3.8) is 0 Å². The highest BCUT2D eigenvalue weighted by atomic mass is 16.5. The highest BCUT2D eigenvalue weighted by Crippen LogP contribution is 2.27. The Bertz CT molecular complexity index is 1240.